The Morgan fingerprint density at radius 2 is 2.17 bits per heavy atom. The Morgan fingerprint density at radius 3 is 2.83 bits per heavy atom. The molecular weight excluding hydrogens is 327 g/mol. The van der Waals surface area contributed by atoms with Crippen molar-refractivity contribution in [3.63, 3.8) is 0 Å². The summed E-state index contributed by atoms with van der Waals surface area (Å²) in [6, 6.07) is 5.92. The summed E-state index contributed by atoms with van der Waals surface area (Å²) >= 11 is 0. The summed E-state index contributed by atoms with van der Waals surface area (Å²) in [6.07, 6.45) is -5.13. The third-order valence-electron chi connectivity index (χ3n) is 2.98. The number of aromatic nitrogens is 2. The van der Waals surface area contributed by atoms with Gasteiger partial charge in [0, 0.05) is 6.54 Å². The number of aromatic amines is 1. The van der Waals surface area contributed by atoms with Crippen LogP contribution >= 0.6 is 0 Å². The van der Waals surface area contributed by atoms with E-state index in [9.17, 15) is 18.0 Å². The number of nitrogens with zero attached hydrogens (tertiary/aromatic N) is 1. The van der Waals surface area contributed by atoms with Gasteiger partial charge in [0.15, 0.2) is 0 Å². The lowest BCUT2D eigenvalue weighted by atomic mass is 10.2. The minimum absolute atomic E-state index is 0.0551. The molecule has 0 fully saturated rings. The van der Waals surface area contributed by atoms with Gasteiger partial charge in [-0.25, -0.2) is 0 Å². The summed E-state index contributed by atoms with van der Waals surface area (Å²) < 4.78 is 43.1. The number of carbonyl (C=O) groups excluding carboxylic acids is 1. The van der Waals surface area contributed by atoms with Crippen molar-refractivity contribution < 1.29 is 27.8 Å². The second-order valence-corrected chi connectivity index (χ2v) is 5.15. The lowest BCUT2D eigenvalue weighted by Crippen LogP contribution is -2.30. The molecule has 24 heavy (non-hydrogen) atoms. The maximum absolute atomic E-state index is 12.6. The largest absolute Gasteiger partial charge is 0.487 e. The monoisotopic (exact) mass is 343 g/mol. The van der Waals surface area contributed by atoms with E-state index < -0.39 is 23.8 Å². The van der Waals surface area contributed by atoms with Crippen molar-refractivity contribution in [2.45, 2.75) is 25.8 Å². The third kappa shape index (κ3) is 4.98. The topological polar surface area (TPSA) is 87.2 Å². The molecule has 9 heteroatoms. The van der Waals surface area contributed by atoms with E-state index in [2.05, 4.69) is 15.5 Å². The van der Waals surface area contributed by atoms with E-state index in [1.54, 1.807) is 0 Å². The maximum Gasteiger partial charge on any atom is 0.416 e. The van der Waals surface area contributed by atoms with Crippen LogP contribution in [0.25, 0.3) is 0 Å². The van der Waals surface area contributed by atoms with Crippen molar-refractivity contribution in [3.8, 4) is 5.75 Å². The highest BCUT2D eigenvalue weighted by Crippen LogP contribution is 2.31. The summed E-state index contributed by atoms with van der Waals surface area (Å²) in [7, 11) is 0. The van der Waals surface area contributed by atoms with Gasteiger partial charge in [-0.3, -0.25) is 9.89 Å². The Hall–Kier alpha value is -2.55. The highest BCUT2D eigenvalue weighted by atomic mass is 19.4. The van der Waals surface area contributed by atoms with E-state index in [0.29, 0.717) is 5.69 Å². The minimum atomic E-state index is -4.44. The zero-order valence-corrected chi connectivity index (χ0v) is 12.7. The normalized spacial score (nSPS) is 12.7. The fourth-order valence-corrected chi connectivity index (χ4v) is 1.81. The number of amides is 1. The number of ether oxygens (including phenoxy) is 1. The molecule has 3 N–H and O–H groups in total. The van der Waals surface area contributed by atoms with Gasteiger partial charge in [-0.05, 0) is 31.2 Å². The Labute approximate surface area is 135 Å². The van der Waals surface area contributed by atoms with Crippen LogP contribution in [0.1, 0.15) is 28.7 Å². The molecule has 130 valence electrons. The van der Waals surface area contributed by atoms with Crippen LogP contribution in [-0.2, 0) is 12.8 Å². The molecule has 2 aromatic rings. The van der Waals surface area contributed by atoms with Crippen molar-refractivity contribution in [2.24, 2.45) is 0 Å². The first kappa shape index (κ1) is 17.8. The quantitative estimate of drug-likeness (QED) is 0.750. The van der Waals surface area contributed by atoms with E-state index in [1.165, 1.54) is 25.1 Å². The summed E-state index contributed by atoms with van der Waals surface area (Å²) in [6.45, 7) is 1.54. The molecule has 0 saturated carbocycles. The summed E-state index contributed by atoms with van der Waals surface area (Å²) in [5.74, 6) is -0.419. The number of aliphatic hydroxyl groups is 1. The maximum atomic E-state index is 12.6. The van der Waals surface area contributed by atoms with Gasteiger partial charge in [0.25, 0.3) is 5.91 Å². The predicted molar refractivity (Wildman–Crippen MR) is 78.4 cm³/mol. The van der Waals surface area contributed by atoms with Crippen LogP contribution < -0.4 is 10.1 Å². The van der Waals surface area contributed by atoms with Gasteiger partial charge in [-0.15, -0.1) is 0 Å². The Balaban J connectivity index is 1.95. The minimum Gasteiger partial charge on any atom is -0.487 e. The number of benzene rings is 1. The fraction of sp³-hybridized carbons (Fsp3) is 0.333. The van der Waals surface area contributed by atoms with Crippen molar-refractivity contribution in [1.29, 1.82) is 0 Å². The van der Waals surface area contributed by atoms with Crippen LogP contribution in [0.5, 0.6) is 5.75 Å². The molecule has 0 unspecified atom stereocenters. The van der Waals surface area contributed by atoms with Crippen LogP contribution in [0.3, 0.4) is 0 Å². The lowest BCUT2D eigenvalue weighted by Gasteiger charge is -2.09. The van der Waals surface area contributed by atoms with E-state index in [-0.39, 0.29) is 24.6 Å². The second-order valence-electron chi connectivity index (χ2n) is 5.15. The summed E-state index contributed by atoms with van der Waals surface area (Å²) in [5, 5.41) is 17.9. The fourth-order valence-electron chi connectivity index (χ4n) is 1.81. The van der Waals surface area contributed by atoms with E-state index in [1.807, 2.05) is 0 Å². The van der Waals surface area contributed by atoms with Crippen LogP contribution in [0.15, 0.2) is 30.3 Å². The number of alkyl halides is 3. The second kappa shape index (κ2) is 7.35. The van der Waals surface area contributed by atoms with E-state index in [0.717, 1.165) is 12.1 Å². The van der Waals surface area contributed by atoms with Crippen LogP contribution in [-0.4, -0.2) is 33.9 Å². The molecule has 0 bridgehead atoms. The zero-order valence-electron chi connectivity index (χ0n) is 12.7. The molecule has 0 spiro atoms. The standard InChI is InChI=1S/C15H16F3N3O3/c1-9(22)7-19-14(23)13-6-11(20-21-13)8-24-12-4-2-3-10(5-12)15(16,17)18/h2-6,9,22H,7-8H2,1H3,(H,19,23)(H,20,21)/t9-/m0/s1. The number of hydrogen-bond acceptors (Lipinski definition) is 4. The molecule has 1 aromatic heterocycles. The Kier molecular flexibility index (Phi) is 5.45. The SMILES string of the molecule is C[C@H](O)CNC(=O)c1cc(COc2cccc(C(F)(F)F)c2)[nH]n1. The number of H-pyrrole nitrogens is 1. The molecule has 0 radical (unpaired) electrons. The number of halogens is 3. The molecule has 1 aromatic carbocycles. The average molecular weight is 343 g/mol. The van der Waals surface area contributed by atoms with Gasteiger partial charge in [0.05, 0.1) is 17.4 Å². The van der Waals surface area contributed by atoms with Gasteiger partial charge in [-0.1, -0.05) is 6.07 Å². The molecule has 1 atom stereocenters. The first-order valence-corrected chi connectivity index (χ1v) is 7.06. The molecule has 0 aliphatic heterocycles. The van der Waals surface area contributed by atoms with Gasteiger partial charge in [-0.2, -0.15) is 18.3 Å². The van der Waals surface area contributed by atoms with Gasteiger partial charge in [0.2, 0.25) is 0 Å². The summed E-state index contributed by atoms with van der Waals surface area (Å²) in [5.41, 5.74) is -0.282. The number of nitrogens with one attached hydrogen (secondary N) is 2. The molecule has 0 saturated heterocycles. The molecule has 6 nitrogen and oxygen atoms in total. The van der Waals surface area contributed by atoms with Crippen molar-refractivity contribution >= 4 is 5.91 Å². The zero-order chi connectivity index (χ0) is 17.7. The van der Waals surface area contributed by atoms with Crippen LogP contribution in [0.2, 0.25) is 0 Å². The van der Waals surface area contributed by atoms with Crippen LogP contribution in [0, 0.1) is 0 Å². The number of aliphatic hydroxyl groups excluding tert-OH is 1. The number of carbonyl (C=O) groups is 1. The first-order valence-electron chi connectivity index (χ1n) is 7.06. The van der Waals surface area contributed by atoms with Crippen molar-refractivity contribution in [1.82, 2.24) is 15.5 Å². The predicted octanol–water partition coefficient (Wildman–Crippen LogP) is 2.12. The number of hydrogen-bond donors (Lipinski definition) is 3. The van der Waals surface area contributed by atoms with Crippen LogP contribution in [0.4, 0.5) is 13.2 Å². The molecule has 2 rings (SSSR count). The third-order valence-corrected chi connectivity index (χ3v) is 2.98. The van der Waals surface area contributed by atoms with Gasteiger partial charge < -0.3 is 15.2 Å². The van der Waals surface area contributed by atoms with Gasteiger partial charge in [0.1, 0.15) is 18.1 Å². The highest BCUT2D eigenvalue weighted by Gasteiger charge is 2.30. The lowest BCUT2D eigenvalue weighted by molar-refractivity contribution is -0.137. The molecule has 1 heterocycles. The van der Waals surface area contributed by atoms with Crippen molar-refractivity contribution in [3.05, 3.63) is 47.3 Å². The molecule has 1 amide bonds. The smallest absolute Gasteiger partial charge is 0.416 e. The first-order chi connectivity index (χ1) is 11.3. The Bertz CT molecular complexity index is 699. The summed E-state index contributed by atoms with van der Waals surface area (Å²) in [4.78, 5) is 11.7. The van der Waals surface area contributed by atoms with E-state index in [4.69, 9.17) is 9.84 Å². The molecule has 0 aliphatic rings. The highest BCUT2D eigenvalue weighted by molar-refractivity contribution is 5.92. The van der Waals surface area contributed by atoms with E-state index >= 15 is 0 Å². The molecular formula is C15H16F3N3O3. The Morgan fingerprint density at radius 1 is 1.42 bits per heavy atom. The average Bonchev–Trinajstić information content (AvgIpc) is 2.99. The number of rotatable bonds is 6. The molecule has 0 aliphatic carbocycles. The van der Waals surface area contributed by atoms with Crippen molar-refractivity contribution in [2.75, 3.05) is 6.54 Å². The van der Waals surface area contributed by atoms with Gasteiger partial charge >= 0.3 is 6.18 Å².